The number of hydrogen-bond donors (Lipinski definition) is 2. The lowest BCUT2D eigenvalue weighted by Gasteiger charge is -2.49. The third kappa shape index (κ3) is 4.72. The van der Waals surface area contributed by atoms with E-state index < -0.39 is 29.7 Å². The SMILES string of the molecule is CCNC(=O)c1cccc(Nc2nccc(-c3cnn(C4(CC#N)CN(C(=O)[C@@H]5CC5(F)F)C4)c3)n2)c1. The van der Waals surface area contributed by atoms with E-state index in [2.05, 4.69) is 31.8 Å². The average molecular weight is 507 g/mol. The Labute approximate surface area is 211 Å². The van der Waals surface area contributed by atoms with E-state index in [-0.39, 0.29) is 25.4 Å². The molecule has 1 atom stereocenters. The minimum Gasteiger partial charge on any atom is -0.352 e. The molecule has 37 heavy (non-hydrogen) atoms. The molecule has 1 saturated heterocycles. The molecule has 2 fully saturated rings. The summed E-state index contributed by atoms with van der Waals surface area (Å²) in [6, 6.07) is 10.8. The zero-order valence-corrected chi connectivity index (χ0v) is 20.0. The van der Waals surface area contributed by atoms with Crippen LogP contribution in [0, 0.1) is 17.2 Å². The summed E-state index contributed by atoms with van der Waals surface area (Å²) in [5.74, 6) is -4.62. The summed E-state index contributed by atoms with van der Waals surface area (Å²) in [5, 5.41) is 19.6. The van der Waals surface area contributed by atoms with Gasteiger partial charge >= 0.3 is 0 Å². The van der Waals surface area contributed by atoms with Crippen LogP contribution in [0.2, 0.25) is 0 Å². The van der Waals surface area contributed by atoms with Gasteiger partial charge in [0, 0.05) is 55.3 Å². The molecule has 2 aromatic heterocycles. The minimum atomic E-state index is -2.93. The molecule has 3 aromatic rings. The first-order valence-corrected chi connectivity index (χ1v) is 11.8. The van der Waals surface area contributed by atoms with Crippen LogP contribution >= 0.6 is 0 Å². The maximum Gasteiger partial charge on any atom is 0.260 e. The van der Waals surface area contributed by atoms with E-state index in [0.29, 0.717) is 35.0 Å². The Morgan fingerprint density at radius 3 is 2.76 bits per heavy atom. The summed E-state index contributed by atoms with van der Waals surface area (Å²) in [4.78, 5) is 34.6. The summed E-state index contributed by atoms with van der Waals surface area (Å²) in [7, 11) is 0. The van der Waals surface area contributed by atoms with E-state index in [1.807, 2.05) is 6.92 Å². The third-order valence-electron chi connectivity index (χ3n) is 6.55. The van der Waals surface area contributed by atoms with E-state index in [1.165, 1.54) is 4.90 Å². The number of nitriles is 1. The van der Waals surface area contributed by atoms with E-state index in [4.69, 9.17) is 0 Å². The second kappa shape index (κ2) is 9.24. The van der Waals surface area contributed by atoms with Crippen molar-refractivity contribution in [2.45, 2.75) is 31.2 Å². The van der Waals surface area contributed by atoms with Crippen LogP contribution in [0.3, 0.4) is 0 Å². The fourth-order valence-electron chi connectivity index (χ4n) is 4.43. The number of alkyl halides is 2. The monoisotopic (exact) mass is 506 g/mol. The molecule has 190 valence electrons. The highest BCUT2D eigenvalue weighted by atomic mass is 19.3. The van der Waals surface area contributed by atoms with E-state index in [9.17, 15) is 23.6 Å². The zero-order chi connectivity index (χ0) is 26.2. The minimum absolute atomic E-state index is 0.0808. The summed E-state index contributed by atoms with van der Waals surface area (Å²) < 4.78 is 28.3. The lowest BCUT2D eigenvalue weighted by molar-refractivity contribution is -0.146. The normalized spacial score (nSPS) is 18.9. The topological polar surface area (TPSA) is 129 Å². The quantitative estimate of drug-likeness (QED) is 0.481. The maximum atomic E-state index is 13.3. The van der Waals surface area contributed by atoms with Crippen molar-refractivity contribution in [3.05, 3.63) is 54.5 Å². The van der Waals surface area contributed by atoms with Gasteiger partial charge in [-0.05, 0) is 31.2 Å². The van der Waals surface area contributed by atoms with Gasteiger partial charge < -0.3 is 15.5 Å². The van der Waals surface area contributed by atoms with Crippen molar-refractivity contribution >= 4 is 23.5 Å². The second-order valence-corrected chi connectivity index (χ2v) is 9.28. The van der Waals surface area contributed by atoms with Crippen molar-refractivity contribution in [3.8, 4) is 17.3 Å². The number of carbonyl (C=O) groups excluding carboxylic acids is 2. The molecule has 10 nitrogen and oxygen atoms in total. The zero-order valence-electron chi connectivity index (χ0n) is 20.0. The third-order valence-corrected chi connectivity index (χ3v) is 6.55. The molecule has 12 heteroatoms. The van der Waals surface area contributed by atoms with Crippen molar-refractivity contribution in [2.24, 2.45) is 5.92 Å². The van der Waals surface area contributed by atoms with Crippen LogP contribution in [0.4, 0.5) is 20.4 Å². The number of nitrogens with one attached hydrogen (secondary N) is 2. The molecule has 1 aromatic carbocycles. The molecular weight excluding hydrogens is 482 g/mol. The van der Waals surface area contributed by atoms with Crippen LogP contribution in [0.1, 0.15) is 30.1 Å². The predicted molar refractivity (Wildman–Crippen MR) is 129 cm³/mol. The Balaban J connectivity index is 1.31. The number of amides is 2. The lowest BCUT2D eigenvalue weighted by Crippen LogP contribution is -2.64. The summed E-state index contributed by atoms with van der Waals surface area (Å²) >= 11 is 0. The molecule has 2 aliphatic rings. The smallest absolute Gasteiger partial charge is 0.260 e. The van der Waals surface area contributed by atoms with Crippen LogP contribution in [0.5, 0.6) is 0 Å². The number of hydrogen-bond acceptors (Lipinski definition) is 7. The van der Waals surface area contributed by atoms with Crippen molar-refractivity contribution < 1.29 is 18.4 Å². The van der Waals surface area contributed by atoms with Gasteiger partial charge in [0.25, 0.3) is 11.8 Å². The van der Waals surface area contributed by atoms with Gasteiger partial charge in [0.1, 0.15) is 11.5 Å². The van der Waals surface area contributed by atoms with Crippen molar-refractivity contribution in [2.75, 3.05) is 25.0 Å². The largest absolute Gasteiger partial charge is 0.352 e. The van der Waals surface area contributed by atoms with Crippen LogP contribution < -0.4 is 10.6 Å². The van der Waals surface area contributed by atoms with E-state index >= 15 is 0 Å². The Bertz CT molecular complexity index is 1390. The van der Waals surface area contributed by atoms with Gasteiger partial charge in [-0.1, -0.05) is 6.07 Å². The van der Waals surface area contributed by atoms with Crippen LogP contribution in [-0.2, 0) is 10.3 Å². The summed E-state index contributed by atoms with van der Waals surface area (Å²) in [6.45, 7) is 2.66. The first kappa shape index (κ1) is 24.3. The van der Waals surface area contributed by atoms with Crippen LogP contribution in [-0.4, -0.2) is 62.0 Å². The molecule has 2 amide bonds. The van der Waals surface area contributed by atoms with E-state index in [1.54, 1.807) is 53.6 Å². The number of benzene rings is 1. The molecular formula is C25H24F2N8O2. The molecule has 0 radical (unpaired) electrons. The fourth-order valence-corrected chi connectivity index (χ4v) is 4.43. The molecule has 0 spiro atoms. The number of aromatic nitrogens is 4. The van der Waals surface area contributed by atoms with Gasteiger partial charge in [0.15, 0.2) is 0 Å². The number of halogens is 2. The first-order valence-electron chi connectivity index (χ1n) is 11.8. The molecule has 5 rings (SSSR count). The highest BCUT2D eigenvalue weighted by molar-refractivity contribution is 5.95. The predicted octanol–water partition coefficient (Wildman–Crippen LogP) is 2.94. The summed E-state index contributed by atoms with van der Waals surface area (Å²) in [5.41, 5.74) is 1.61. The maximum absolute atomic E-state index is 13.3. The van der Waals surface area contributed by atoms with Gasteiger partial charge in [-0.25, -0.2) is 18.7 Å². The fraction of sp³-hybridized carbons (Fsp3) is 0.360. The Kier molecular flexibility index (Phi) is 6.07. The molecule has 0 bridgehead atoms. The van der Waals surface area contributed by atoms with Gasteiger partial charge in [-0.15, -0.1) is 0 Å². The molecule has 0 unspecified atom stereocenters. The van der Waals surface area contributed by atoms with E-state index in [0.717, 1.165) is 0 Å². The number of carbonyl (C=O) groups is 2. The number of rotatable bonds is 8. The van der Waals surface area contributed by atoms with Crippen LogP contribution in [0.25, 0.3) is 11.3 Å². The molecule has 1 saturated carbocycles. The van der Waals surface area contributed by atoms with Gasteiger partial charge in [-0.2, -0.15) is 10.4 Å². The highest BCUT2D eigenvalue weighted by Gasteiger charge is 2.64. The standard InChI is InChI=1S/C25H24F2N8O2/c1-2-29-21(36)16-4-3-5-18(10-16)32-23-30-9-6-20(33-23)17-12-31-35(13-17)24(7-8-28)14-34(15-24)22(37)19-11-25(19,26)27/h3-6,9-10,12-13,19H,2,7,11,14-15H2,1H3,(H,29,36)(H,30,32,33)/t19-/m0/s1. The Morgan fingerprint density at radius 1 is 1.27 bits per heavy atom. The van der Waals surface area contributed by atoms with Gasteiger partial charge in [-0.3, -0.25) is 14.3 Å². The lowest BCUT2D eigenvalue weighted by atomic mass is 9.86. The number of nitrogens with zero attached hydrogens (tertiary/aromatic N) is 6. The Hall–Kier alpha value is -4.40. The number of likely N-dealkylation sites (tertiary alicyclic amines) is 1. The van der Waals surface area contributed by atoms with Crippen LogP contribution in [0.15, 0.2) is 48.9 Å². The number of anilines is 2. The molecule has 2 N–H and O–H groups in total. The molecule has 1 aliphatic carbocycles. The van der Waals surface area contributed by atoms with Crippen molar-refractivity contribution in [1.29, 1.82) is 5.26 Å². The van der Waals surface area contributed by atoms with Gasteiger partial charge in [0.2, 0.25) is 11.9 Å². The average Bonchev–Trinajstić information content (AvgIpc) is 3.25. The second-order valence-electron chi connectivity index (χ2n) is 9.28. The van der Waals surface area contributed by atoms with Crippen molar-refractivity contribution in [3.63, 3.8) is 0 Å². The highest BCUT2D eigenvalue weighted by Crippen LogP contribution is 2.50. The first-order chi connectivity index (χ1) is 17.7. The van der Waals surface area contributed by atoms with Crippen molar-refractivity contribution in [1.82, 2.24) is 30.0 Å². The molecule has 1 aliphatic heterocycles. The molecule has 3 heterocycles. The summed E-state index contributed by atoms with van der Waals surface area (Å²) in [6.07, 6.45) is 4.57. The Morgan fingerprint density at radius 2 is 2.05 bits per heavy atom. The van der Waals surface area contributed by atoms with Gasteiger partial charge in [0.05, 0.1) is 24.4 Å².